The lowest BCUT2D eigenvalue weighted by Gasteiger charge is -2.16. The van der Waals surface area contributed by atoms with E-state index in [1.807, 2.05) is 37.3 Å². The molecule has 5 heteroatoms. The third kappa shape index (κ3) is 4.93. The first-order chi connectivity index (χ1) is 11.2. The summed E-state index contributed by atoms with van der Waals surface area (Å²) in [5.41, 5.74) is 0.665. The van der Waals surface area contributed by atoms with Crippen molar-refractivity contribution in [2.24, 2.45) is 0 Å². The quantitative estimate of drug-likeness (QED) is 0.772. The lowest BCUT2D eigenvalue weighted by atomic mass is 10.2. The fourth-order valence-corrected chi connectivity index (χ4v) is 3.06. The van der Waals surface area contributed by atoms with Crippen LogP contribution >= 0.6 is 11.8 Å². The van der Waals surface area contributed by atoms with Gasteiger partial charge in [0, 0.05) is 28.8 Å². The van der Waals surface area contributed by atoms with Crippen LogP contribution in [0.1, 0.15) is 13.3 Å². The number of anilines is 1. The van der Waals surface area contributed by atoms with Crippen molar-refractivity contribution in [1.29, 1.82) is 0 Å². The predicted molar refractivity (Wildman–Crippen MR) is 94.6 cm³/mol. The number of thioether (sulfide) groups is 1. The summed E-state index contributed by atoms with van der Waals surface area (Å²) in [4.78, 5) is 13.6. The molecule has 0 heterocycles. The number of hydrogen-bond acceptors (Lipinski definition) is 4. The first kappa shape index (κ1) is 17.2. The van der Waals surface area contributed by atoms with E-state index in [0.717, 1.165) is 11.3 Å². The minimum Gasteiger partial charge on any atom is -0.497 e. The highest BCUT2D eigenvalue weighted by atomic mass is 32.2. The van der Waals surface area contributed by atoms with Crippen molar-refractivity contribution in [3.05, 3.63) is 48.5 Å². The average molecular weight is 331 g/mol. The monoisotopic (exact) mass is 331 g/mol. The Labute approximate surface area is 141 Å². The van der Waals surface area contributed by atoms with E-state index in [1.54, 1.807) is 44.2 Å². The highest BCUT2D eigenvalue weighted by Crippen LogP contribution is 2.29. The number of benzene rings is 2. The minimum atomic E-state index is -0.158. The van der Waals surface area contributed by atoms with E-state index in [-0.39, 0.29) is 11.2 Å². The molecule has 0 spiro atoms. The number of carbonyl (C=O) groups is 1. The predicted octanol–water partition coefficient (Wildman–Crippen LogP) is 4.21. The molecule has 0 saturated heterocycles. The van der Waals surface area contributed by atoms with Gasteiger partial charge in [-0.3, -0.25) is 4.79 Å². The molecule has 1 unspecified atom stereocenters. The molecule has 0 bridgehead atoms. The normalized spacial score (nSPS) is 11.6. The van der Waals surface area contributed by atoms with Gasteiger partial charge in [0.2, 0.25) is 5.91 Å². The zero-order chi connectivity index (χ0) is 16.7. The van der Waals surface area contributed by atoms with Crippen molar-refractivity contribution in [2.75, 3.05) is 19.5 Å². The van der Waals surface area contributed by atoms with Gasteiger partial charge in [-0.2, -0.15) is 0 Å². The van der Waals surface area contributed by atoms with Gasteiger partial charge in [-0.05, 0) is 18.6 Å². The molecule has 1 N–H and O–H groups in total. The molecule has 1 atom stereocenters. The Balaban J connectivity index is 2.10. The second-order valence-corrected chi connectivity index (χ2v) is 6.19. The van der Waals surface area contributed by atoms with Crippen LogP contribution in [-0.2, 0) is 4.79 Å². The Morgan fingerprint density at radius 3 is 2.22 bits per heavy atom. The van der Waals surface area contributed by atoms with Gasteiger partial charge in [0.15, 0.2) is 0 Å². The number of amides is 1. The molecule has 23 heavy (non-hydrogen) atoms. The van der Waals surface area contributed by atoms with Crippen LogP contribution in [0.25, 0.3) is 0 Å². The van der Waals surface area contributed by atoms with Gasteiger partial charge in [-0.15, -0.1) is 11.8 Å². The summed E-state index contributed by atoms with van der Waals surface area (Å²) < 4.78 is 10.4. The number of ether oxygens (including phenoxy) is 2. The first-order valence-corrected chi connectivity index (χ1v) is 8.30. The van der Waals surface area contributed by atoms with Crippen LogP contribution in [-0.4, -0.2) is 25.4 Å². The molecule has 4 nitrogen and oxygen atoms in total. The largest absolute Gasteiger partial charge is 0.497 e. The van der Waals surface area contributed by atoms with Gasteiger partial charge in [0.25, 0.3) is 0 Å². The molecule has 2 aromatic carbocycles. The highest BCUT2D eigenvalue weighted by molar-refractivity contribution is 8.00. The Morgan fingerprint density at radius 1 is 1.09 bits per heavy atom. The van der Waals surface area contributed by atoms with E-state index in [9.17, 15) is 4.79 Å². The number of nitrogens with one attached hydrogen (secondary N) is 1. The molecule has 0 saturated carbocycles. The van der Waals surface area contributed by atoms with Crippen molar-refractivity contribution in [3.8, 4) is 11.5 Å². The summed E-state index contributed by atoms with van der Waals surface area (Å²) in [6.45, 7) is 2.01. The molecule has 122 valence electrons. The van der Waals surface area contributed by atoms with Crippen LogP contribution < -0.4 is 14.8 Å². The molecule has 1 amide bonds. The van der Waals surface area contributed by atoms with Crippen molar-refractivity contribution < 1.29 is 14.3 Å². The van der Waals surface area contributed by atoms with E-state index in [2.05, 4.69) is 5.32 Å². The molecule has 0 aliphatic heterocycles. The molecule has 2 rings (SSSR count). The Kier molecular flexibility index (Phi) is 6.35. The van der Waals surface area contributed by atoms with Crippen molar-refractivity contribution in [1.82, 2.24) is 0 Å². The highest BCUT2D eigenvalue weighted by Gasteiger charge is 2.18. The van der Waals surface area contributed by atoms with Gasteiger partial charge in [-0.1, -0.05) is 25.1 Å². The molecule has 0 fully saturated rings. The van der Waals surface area contributed by atoms with Crippen LogP contribution in [0.2, 0.25) is 0 Å². The van der Waals surface area contributed by atoms with E-state index in [1.165, 1.54) is 0 Å². The smallest absolute Gasteiger partial charge is 0.237 e. The van der Waals surface area contributed by atoms with E-state index < -0.39 is 0 Å². The lowest BCUT2D eigenvalue weighted by molar-refractivity contribution is -0.115. The van der Waals surface area contributed by atoms with Crippen LogP contribution in [0.4, 0.5) is 5.69 Å². The van der Waals surface area contributed by atoms with Gasteiger partial charge < -0.3 is 14.8 Å². The number of hydrogen-bond donors (Lipinski definition) is 1. The van der Waals surface area contributed by atoms with Gasteiger partial charge >= 0.3 is 0 Å². The summed E-state index contributed by atoms with van der Waals surface area (Å²) in [6.07, 6.45) is 0.743. The fraction of sp³-hybridized carbons (Fsp3) is 0.278. The Morgan fingerprint density at radius 2 is 1.70 bits per heavy atom. The van der Waals surface area contributed by atoms with Crippen LogP contribution in [0, 0.1) is 0 Å². The number of carbonyl (C=O) groups excluding carboxylic acids is 1. The van der Waals surface area contributed by atoms with Crippen molar-refractivity contribution >= 4 is 23.4 Å². The zero-order valence-electron chi connectivity index (χ0n) is 13.5. The van der Waals surface area contributed by atoms with Gasteiger partial charge in [0.05, 0.1) is 19.5 Å². The van der Waals surface area contributed by atoms with Crippen LogP contribution in [0.5, 0.6) is 11.5 Å². The molecule has 0 aromatic heterocycles. The first-order valence-electron chi connectivity index (χ1n) is 7.42. The van der Waals surface area contributed by atoms with Crippen molar-refractivity contribution in [2.45, 2.75) is 23.5 Å². The van der Waals surface area contributed by atoms with Crippen molar-refractivity contribution in [3.63, 3.8) is 0 Å². The SMILES string of the molecule is CCC(Sc1ccccc1)C(=O)Nc1cc(OC)cc(OC)c1. The second kappa shape index (κ2) is 8.48. The third-order valence-corrected chi connectivity index (χ3v) is 4.68. The molecule has 0 aliphatic carbocycles. The standard InChI is InChI=1S/C18H21NO3S/c1-4-17(23-16-8-6-5-7-9-16)18(20)19-13-10-14(21-2)12-15(11-13)22-3/h5-12,17H,4H2,1-3H3,(H,19,20). The summed E-state index contributed by atoms with van der Waals surface area (Å²) in [7, 11) is 3.17. The number of rotatable bonds is 7. The minimum absolute atomic E-state index is 0.0309. The summed E-state index contributed by atoms with van der Waals surface area (Å²) in [6, 6.07) is 15.3. The fourth-order valence-electron chi connectivity index (χ4n) is 2.09. The molecular weight excluding hydrogens is 310 g/mol. The summed E-state index contributed by atoms with van der Waals surface area (Å²) in [5.74, 6) is 1.25. The average Bonchev–Trinajstić information content (AvgIpc) is 2.59. The molecular formula is C18H21NO3S. The van der Waals surface area contributed by atoms with E-state index >= 15 is 0 Å². The zero-order valence-corrected chi connectivity index (χ0v) is 14.4. The molecule has 0 aliphatic rings. The molecule has 0 radical (unpaired) electrons. The maximum absolute atomic E-state index is 12.5. The van der Waals surface area contributed by atoms with Crippen LogP contribution in [0.3, 0.4) is 0 Å². The third-order valence-electron chi connectivity index (χ3n) is 3.30. The molecule has 2 aromatic rings. The Bertz CT molecular complexity index is 624. The summed E-state index contributed by atoms with van der Waals surface area (Å²) >= 11 is 1.56. The van der Waals surface area contributed by atoms with E-state index in [4.69, 9.17) is 9.47 Å². The topological polar surface area (TPSA) is 47.6 Å². The second-order valence-electron chi connectivity index (χ2n) is 4.92. The maximum atomic E-state index is 12.5. The van der Waals surface area contributed by atoms with Crippen LogP contribution in [0.15, 0.2) is 53.4 Å². The Hall–Kier alpha value is -2.14. The van der Waals surface area contributed by atoms with Gasteiger partial charge in [-0.25, -0.2) is 0 Å². The summed E-state index contributed by atoms with van der Waals surface area (Å²) in [5, 5.41) is 2.79. The van der Waals surface area contributed by atoms with Gasteiger partial charge in [0.1, 0.15) is 11.5 Å². The number of methoxy groups -OCH3 is 2. The maximum Gasteiger partial charge on any atom is 0.237 e. The lowest BCUT2D eigenvalue weighted by Crippen LogP contribution is -2.24. The van der Waals surface area contributed by atoms with E-state index in [0.29, 0.717) is 17.2 Å².